The maximum absolute atomic E-state index is 3.48. The quantitative estimate of drug-likeness (QED) is 0.816. The SMILES string of the molecule is CNC(CC1CCCC1)c1ccsc1C. The molecule has 0 bridgehead atoms. The van der Waals surface area contributed by atoms with E-state index in [1.807, 2.05) is 11.3 Å². The molecule has 1 N–H and O–H groups in total. The van der Waals surface area contributed by atoms with Crippen LogP contribution < -0.4 is 5.32 Å². The zero-order chi connectivity index (χ0) is 10.7. The summed E-state index contributed by atoms with van der Waals surface area (Å²) in [4.78, 5) is 1.48. The van der Waals surface area contributed by atoms with E-state index in [-0.39, 0.29) is 0 Å². The van der Waals surface area contributed by atoms with E-state index in [2.05, 4.69) is 30.7 Å². The summed E-state index contributed by atoms with van der Waals surface area (Å²) in [6.07, 6.45) is 7.12. The summed E-state index contributed by atoms with van der Waals surface area (Å²) in [5.41, 5.74) is 1.52. The van der Waals surface area contributed by atoms with Crippen molar-refractivity contribution in [2.45, 2.75) is 45.1 Å². The summed E-state index contributed by atoms with van der Waals surface area (Å²) in [5.74, 6) is 0.960. The summed E-state index contributed by atoms with van der Waals surface area (Å²) in [6, 6.07) is 2.87. The Labute approximate surface area is 96.9 Å². The second-order valence-electron chi connectivity index (χ2n) is 4.66. The molecule has 0 radical (unpaired) electrons. The minimum atomic E-state index is 0.583. The van der Waals surface area contributed by atoms with E-state index in [0.29, 0.717) is 6.04 Å². The third kappa shape index (κ3) is 2.61. The van der Waals surface area contributed by atoms with E-state index >= 15 is 0 Å². The van der Waals surface area contributed by atoms with Crippen molar-refractivity contribution in [1.82, 2.24) is 5.32 Å². The van der Waals surface area contributed by atoms with Gasteiger partial charge in [0.2, 0.25) is 0 Å². The standard InChI is InChI=1S/C13H21NS/c1-10-12(7-8-15-10)13(14-2)9-11-5-3-4-6-11/h7-8,11,13-14H,3-6,9H2,1-2H3. The molecule has 1 unspecified atom stereocenters. The van der Waals surface area contributed by atoms with Crippen LogP contribution in [0.5, 0.6) is 0 Å². The van der Waals surface area contributed by atoms with Crippen molar-refractivity contribution in [3.05, 3.63) is 21.9 Å². The van der Waals surface area contributed by atoms with Gasteiger partial charge in [-0.1, -0.05) is 25.7 Å². The van der Waals surface area contributed by atoms with Crippen LogP contribution >= 0.6 is 11.3 Å². The highest BCUT2D eigenvalue weighted by atomic mass is 32.1. The van der Waals surface area contributed by atoms with Crippen molar-refractivity contribution in [2.75, 3.05) is 7.05 Å². The Morgan fingerprint density at radius 2 is 2.20 bits per heavy atom. The number of rotatable bonds is 4. The van der Waals surface area contributed by atoms with Gasteiger partial charge in [-0.3, -0.25) is 0 Å². The highest BCUT2D eigenvalue weighted by Gasteiger charge is 2.21. The van der Waals surface area contributed by atoms with Crippen molar-refractivity contribution < 1.29 is 0 Å². The molecule has 84 valence electrons. The second kappa shape index (κ2) is 5.13. The minimum Gasteiger partial charge on any atom is -0.313 e. The first-order chi connectivity index (χ1) is 7.31. The zero-order valence-corrected chi connectivity index (χ0v) is 10.6. The maximum Gasteiger partial charge on any atom is 0.0331 e. The highest BCUT2D eigenvalue weighted by Crippen LogP contribution is 2.34. The molecule has 2 heteroatoms. The normalized spacial score (nSPS) is 19.6. The van der Waals surface area contributed by atoms with E-state index in [1.165, 1.54) is 42.5 Å². The summed E-state index contributed by atoms with van der Waals surface area (Å²) < 4.78 is 0. The molecule has 2 rings (SSSR count). The predicted molar refractivity (Wildman–Crippen MR) is 67.4 cm³/mol. The fourth-order valence-corrected chi connectivity index (χ4v) is 3.50. The molecule has 1 aromatic heterocycles. The Morgan fingerprint density at radius 1 is 1.47 bits per heavy atom. The van der Waals surface area contributed by atoms with Crippen molar-refractivity contribution in [2.24, 2.45) is 5.92 Å². The van der Waals surface area contributed by atoms with Crippen molar-refractivity contribution in [3.63, 3.8) is 0 Å². The van der Waals surface area contributed by atoms with Crippen LogP contribution in [-0.2, 0) is 0 Å². The molecule has 1 aliphatic carbocycles. The zero-order valence-electron chi connectivity index (χ0n) is 9.75. The Kier molecular flexibility index (Phi) is 3.81. The maximum atomic E-state index is 3.48. The van der Waals surface area contributed by atoms with Crippen LogP contribution in [0.4, 0.5) is 0 Å². The topological polar surface area (TPSA) is 12.0 Å². The molecule has 0 aromatic carbocycles. The lowest BCUT2D eigenvalue weighted by Crippen LogP contribution is -2.19. The van der Waals surface area contributed by atoms with Crippen LogP contribution in [0.1, 0.15) is 48.6 Å². The summed E-state index contributed by atoms with van der Waals surface area (Å²) in [7, 11) is 2.09. The van der Waals surface area contributed by atoms with Crippen LogP contribution in [0.2, 0.25) is 0 Å². The van der Waals surface area contributed by atoms with Gasteiger partial charge in [0.25, 0.3) is 0 Å². The first-order valence-electron chi connectivity index (χ1n) is 6.02. The van der Waals surface area contributed by atoms with Crippen molar-refractivity contribution >= 4 is 11.3 Å². The van der Waals surface area contributed by atoms with Gasteiger partial charge in [-0.25, -0.2) is 0 Å². The molecule has 1 atom stereocenters. The molecule has 1 aromatic rings. The third-order valence-electron chi connectivity index (χ3n) is 3.67. The van der Waals surface area contributed by atoms with E-state index in [9.17, 15) is 0 Å². The molecule has 1 fully saturated rings. The number of nitrogens with one attached hydrogen (secondary N) is 1. The van der Waals surface area contributed by atoms with Gasteiger partial charge in [-0.05, 0) is 43.3 Å². The third-order valence-corrected chi connectivity index (χ3v) is 4.53. The lowest BCUT2D eigenvalue weighted by Gasteiger charge is -2.20. The van der Waals surface area contributed by atoms with Crippen molar-refractivity contribution in [1.29, 1.82) is 0 Å². The molecule has 0 spiro atoms. The molecule has 1 aliphatic rings. The fourth-order valence-electron chi connectivity index (χ4n) is 2.74. The van der Waals surface area contributed by atoms with Crippen LogP contribution in [0.15, 0.2) is 11.4 Å². The molecular weight excluding hydrogens is 202 g/mol. The number of thiophene rings is 1. The van der Waals surface area contributed by atoms with Gasteiger partial charge < -0.3 is 5.32 Å². The van der Waals surface area contributed by atoms with Gasteiger partial charge >= 0.3 is 0 Å². The highest BCUT2D eigenvalue weighted by molar-refractivity contribution is 7.10. The van der Waals surface area contributed by atoms with Gasteiger partial charge in [-0.2, -0.15) is 0 Å². The Hall–Kier alpha value is -0.340. The van der Waals surface area contributed by atoms with Crippen LogP contribution in [0, 0.1) is 12.8 Å². The van der Waals surface area contributed by atoms with Crippen LogP contribution in [-0.4, -0.2) is 7.05 Å². The number of aryl methyl sites for hydroxylation is 1. The van der Waals surface area contributed by atoms with Gasteiger partial charge in [0, 0.05) is 10.9 Å². The second-order valence-corrected chi connectivity index (χ2v) is 5.78. The summed E-state index contributed by atoms with van der Waals surface area (Å²) >= 11 is 1.87. The predicted octanol–water partition coefficient (Wildman–Crippen LogP) is 3.90. The van der Waals surface area contributed by atoms with Crippen LogP contribution in [0.25, 0.3) is 0 Å². The molecule has 0 aliphatic heterocycles. The Morgan fingerprint density at radius 3 is 2.73 bits per heavy atom. The number of hydrogen-bond donors (Lipinski definition) is 1. The molecule has 0 amide bonds. The summed E-state index contributed by atoms with van der Waals surface area (Å²) in [5, 5.41) is 5.69. The molecular formula is C13H21NS. The number of hydrogen-bond acceptors (Lipinski definition) is 2. The molecule has 1 saturated carbocycles. The van der Waals surface area contributed by atoms with E-state index in [4.69, 9.17) is 0 Å². The first kappa shape index (κ1) is 11.2. The monoisotopic (exact) mass is 223 g/mol. The van der Waals surface area contributed by atoms with Gasteiger partial charge in [0.15, 0.2) is 0 Å². The van der Waals surface area contributed by atoms with E-state index in [0.717, 1.165) is 5.92 Å². The van der Waals surface area contributed by atoms with Crippen LogP contribution in [0.3, 0.4) is 0 Å². The van der Waals surface area contributed by atoms with Gasteiger partial charge in [0.05, 0.1) is 0 Å². The smallest absolute Gasteiger partial charge is 0.0331 e. The average Bonchev–Trinajstić information content (AvgIpc) is 2.85. The lowest BCUT2D eigenvalue weighted by molar-refractivity contribution is 0.413. The minimum absolute atomic E-state index is 0.583. The molecule has 1 heterocycles. The summed E-state index contributed by atoms with van der Waals surface area (Å²) in [6.45, 7) is 2.24. The molecule has 0 saturated heterocycles. The lowest BCUT2D eigenvalue weighted by atomic mass is 9.94. The van der Waals surface area contributed by atoms with E-state index in [1.54, 1.807) is 0 Å². The van der Waals surface area contributed by atoms with Crippen molar-refractivity contribution in [3.8, 4) is 0 Å². The first-order valence-corrected chi connectivity index (χ1v) is 6.90. The fraction of sp³-hybridized carbons (Fsp3) is 0.692. The van der Waals surface area contributed by atoms with Gasteiger partial charge in [-0.15, -0.1) is 11.3 Å². The van der Waals surface area contributed by atoms with E-state index < -0.39 is 0 Å². The molecule has 1 nitrogen and oxygen atoms in total. The Balaban J connectivity index is 2.00. The average molecular weight is 223 g/mol. The molecule has 15 heavy (non-hydrogen) atoms. The van der Waals surface area contributed by atoms with Gasteiger partial charge in [0.1, 0.15) is 0 Å². The largest absolute Gasteiger partial charge is 0.313 e. The Bertz CT molecular complexity index is 299.